The van der Waals surface area contributed by atoms with Crippen LogP contribution in [0.25, 0.3) is 0 Å². The molecule has 0 saturated heterocycles. The Morgan fingerprint density at radius 3 is 2.76 bits per heavy atom. The SMILES string of the molecule is CCCNCC1CC1(C)c1ccc(C)cc1C. The highest BCUT2D eigenvalue weighted by molar-refractivity contribution is 5.40. The van der Waals surface area contributed by atoms with Gasteiger partial charge in [-0.05, 0) is 62.2 Å². The minimum Gasteiger partial charge on any atom is -0.316 e. The van der Waals surface area contributed by atoms with Crippen molar-refractivity contribution >= 4 is 0 Å². The summed E-state index contributed by atoms with van der Waals surface area (Å²) >= 11 is 0. The second kappa shape index (κ2) is 4.81. The molecule has 1 aromatic carbocycles. The van der Waals surface area contributed by atoms with Gasteiger partial charge in [-0.15, -0.1) is 0 Å². The van der Waals surface area contributed by atoms with Crippen molar-refractivity contribution in [3.63, 3.8) is 0 Å². The Balaban J connectivity index is 2.03. The molecule has 0 aromatic heterocycles. The Kier molecular flexibility index (Phi) is 3.58. The number of aryl methyl sites for hydroxylation is 2. The fourth-order valence-electron chi connectivity index (χ4n) is 2.99. The van der Waals surface area contributed by atoms with Gasteiger partial charge in [0.15, 0.2) is 0 Å². The number of rotatable bonds is 5. The van der Waals surface area contributed by atoms with Crippen molar-refractivity contribution in [2.24, 2.45) is 5.92 Å². The first-order chi connectivity index (χ1) is 8.08. The fourth-order valence-corrected chi connectivity index (χ4v) is 2.99. The maximum Gasteiger partial charge on any atom is -0.00118 e. The Labute approximate surface area is 106 Å². The molecule has 2 atom stereocenters. The highest BCUT2D eigenvalue weighted by Crippen LogP contribution is 2.54. The monoisotopic (exact) mass is 231 g/mol. The number of benzene rings is 1. The van der Waals surface area contributed by atoms with Crippen molar-refractivity contribution in [3.05, 3.63) is 34.9 Å². The maximum absolute atomic E-state index is 3.55. The molecule has 1 aromatic rings. The van der Waals surface area contributed by atoms with E-state index in [9.17, 15) is 0 Å². The van der Waals surface area contributed by atoms with Gasteiger partial charge in [-0.1, -0.05) is 37.6 Å². The zero-order valence-electron chi connectivity index (χ0n) is 11.6. The first-order valence-electron chi connectivity index (χ1n) is 6.86. The first-order valence-corrected chi connectivity index (χ1v) is 6.86. The summed E-state index contributed by atoms with van der Waals surface area (Å²) in [5.74, 6) is 0.829. The average molecular weight is 231 g/mol. The van der Waals surface area contributed by atoms with Crippen LogP contribution in [0.4, 0.5) is 0 Å². The number of hydrogen-bond donors (Lipinski definition) is 1. The molecule has 1 nitrogen and oxygen atoms in total. The second-order valence-corrected chi connectivity index (χ2v) is 5.84. The van der Waals surface area contributed by atoms with E-state index in [-0.39, 0.29) is 0 Å². The number of nitrogens with one attached hydrogen (secondary N) is 1. The van der Waals surface area contributed by atoms with E-state index in [4.69, 9.17) is 0 Å². The average Bonchev–Trinajstić information content (AvgIpc) is 2.90. The second-order valence-electron chi connectivity index (χ2n) is 5.84. The highest BCUT2D eigenvalue weighted by Gasteiger charge is 2.51. The molecule has 1 aliphatic carbocycles. The van der Waals surface area contributed by atoms with Gasteiger partial charge in [0.2, 0.25) is 0 Å². The van der Waals surface area contributed by atoms with Crippen molar-refractivity contribution in [1.29, 1.82) is 0 Å². The Bertz CT molecular complexity index is 397. The Hall–Kier alpha value is -0.820. The molecule has 0 spiro atoms. The molecule has 0 bridgehead atoms. The highest BCUT2D eigenvalue weighted by atomic mass is 14.9. The largest absolute Gasteiger partial charge is 0.316 e. The van der Waals surface area contributed by atoms with E-state index in [1.165, 1.54) is 30.5 Å². The minimum atomic E-state index is 0.429. The summed E-state index contributed by atoms with van der Waals surface area (Å²) in [4.78, 5) is 0. The van der Waals surface area contributed by atoms with Gasteiger partial charge in [-0.2, -0.15) is 0 Å². The van der Waals surface area contributed by atoms with Crippen LogP contribution in [0.3, 0.4) is 0 Å². The van der Waals surface area contributed by atoms with Crippen LogP contribution in [0.1, 0.15) is 43.4 Å². The zero-order valence-corrected chi connectivity index (χ0v) is 11.6. The van der Waals surface area contributed by atoms with E-state index in [2.05, 4.69) is 51.2 Å². The molecule has 2 rings (SSSR count). The van der Waals surface area contributed by atoms with E-state index in [0.717, 1.165) is 12.5 Å². The standard InChI is InChI=1S/C16H25N/c1-5-8-17-11-14-10-16(14,4)15-7-6-12(2)9-13(15)3/h6-7,9,14,17H,5,8,10-11H2,1-4H3. The van der Waals surface area contributed by atoms with Crippen molar-refractivity contribution in [3.8, 4) is 0 Å². The summed E-state index contributed by atoms with van der Waals surface area (Å²) in [5.41, 5.74) is 4.83. The third-order valence-corrected chi connectivity index (χ3v) is 4.23. The van der Waals surface area contributed by atoms with Crippen LogP contribution in [0.5, 0.6) is 0 Å². The van der Waals surface area contributed by atoms with Crippen LogP contribution in [-0.4, -0.2) is 13.1 Å². The molecule has 17 heavy (non-hydrogen) atoms. The van der Waals surface area contributed by atoms with E-state index < -0.39 is 0 Å². The summed E-state index contributed by atoms with van der Waals surface area (Å²) in [5, 5.41) is 3.55. The molecule has 0 amide bonds. The molecule has 1 fully saturated rings. The molecule has 1 saturated carbocycles. The fraction of sp³-hybridized carbons (Fsp3) is 0.625. The maximum atomic E-state index is 3.55. The molecule has 1 N–H and O–H groups in total. The summed E-state index contributed by atoms with van der Waals surface area (Å²) in [6.07, 6.45) is 2.57. The van der Waals surface area contributed by atoms with Crippen LogP contribution in [0.15, 0.2) is 18.2 Å². The summed E-state index contributed by atoms with van der Waals surface area (Å²) in [6, 6.07) is 6.91. The molecule has 2 unspecified atom stereocenters. The van der Waals surface area contributed by atoms with Crippen LogP contribution < -0.4 is 5.32 Å². The Morgan fingerprint density at radius 1 is 1.35 bits per heavy atom. The van der Waals surface area contributed by atoms with Gasteiger partial charge in [-0.25, -0.2) is 0 Å². The first kappa shape index (κ1) is 12.6. The van der Waals surface area contributed by atoms with Crippen molar-refractivity contribution in [1.82, 2.24) is 5.32 Å². The van der Waals surface area contributed by atoms with Gasteiger partial charge in [0.25, 0.3) is 0 Å². The van der Waals surface area contributed by atoms with Gasteiger partial charge < -0.3 is 5.32 Å². The topological polar surface area (TPSA) is 12.0 Å². The molecule has 0 aliphatic heterocycles. The molecule has 0 heterocycles. The normalized spacial score (nSPS) is 27.2. The van der Waals surface area contributed by atoms with Crippen molar-refractivity contribution in [2.75, 3.05) is 13.1 Å². The zero-order chi connectivity index (χ0) is 12.5. The summed E-state index contributed by atoms with van der Waals surface area (Å²) in [7, 11) is 0. The molecule has 1 heteroatoms. The molecule has 94 valence electrons. The lowest BCUT2D eigenvalue weighted by atomic mass is 9.90. The van der Waals surface area contributed by atoms with Gasteiger partial charge >= 0.3 is 0 Å². The Morgan fingerprint density at radius 2 is 2.12 bits per heavy atom. The lowest BCUT2D eigenvalue weighted by Crippen LogP contribution is -2.21. The van der Waals surface area contributed by atoms with Crippen LogP contribution in [-0.2, 0) is 5.41 Å². The van der Waals surface area contributed by atoms with Gasteiger partial charge in [0.05, 0.1) is 0 Å². The molecule has 1 aliphatic rings. The van der Waals surface area contributed by atoms with Crippen LogP contribution in [0.2, 0.25) is 0 Å². The summed E-state index contributed by atoms with van der Waals surface area (Å²) < 4.78 is 0. The predicted octanol–water partition coefficient (Wildman–Crippen LogP) is 3.58. The summed E-state index contributed by atoms with van der Waals surface area (Å²) in [6.45, 7) is 11.4. The van der Waals surface area contributed by atoms with Gasteiger partial charge in [0, 0.05) is 0 Å². The van der Waals surface area contributed by atoms with E-state index in [1.54, 1.807) is 5.56 Å². The third kappa shape index (κ3) is 2.55. The molecular formula is C16H25N. The predicted molar refractivity (Wildman–Crippen MR) is 74.5 cm³/mol. The van der Waals surface area contributed by atoms with Crippen LogP contribution in [0, 0.1) is 19.8 Å². The van der Waals surface area contributed by atoms with E-state index >= 15 is 0 Å². The van der Waals surface area contributed by atoms with E-state index in [1.807, 2.05) is 0 Å². The molecule has 0 radical (unpaired) electrons. The minimum absolute atomic E-state index is 0.429. The smallest absolute Gasteiger partial charge is 0.00118 e. The van der Waals surface area contributed by atoms with Crippen molar-refractivity contribution in [2.45, 2.75) is 46.0 Å². The van der Waals surface area contributed by atoms with Crippen LogP contribution >= 0.6 is 0 Å². The molecular weight excluding hydrogens is 206 g/mol. The third-order valence-electron chi connectivity index (χ3n) is 4.23. The van der Waals surface area contributed by atoms with Gasteiger partial charge in [0.1, 0.15) is 0 Å². The number of hydrogen-bond acceptors (Lipinski definition) is 1. The lowest BCUT2D eigenvalue weighted by molar-refractivity contribution is 0.574. The van der Waals surface area contributed by atoms with Crippen molar-refractivity contribution < 1.29 is 0 Å². The quantitative estimate of drug-likeness (QED) is 0.764. The van der Waals surface area contributed by atoms with Gasteiger partial charge in [-0.3, -0.25) is 0 Å². The van der Waals surface area contributed by atoms with E-state index in [0.29, 0.717) is 5.41 Å². The lowest BCUT2D eigenvalue weighted by Gasteiger charge is -2.16.